The van der Waals surface area contributed by atoms with Gasteiger partial charge in [-0.25, -0.2) is 0 Å². The van der Waals surface area contributed by atoms with Gasteiger partial charge in [0.15, 0.2) is 0 Å². The van der Waals surface area contributed by atoms with E-state index in [1.165, 1.54) is 55.7 Å². The highest BCUT2D eigenvalue weighted by Gasteiger charge is 2.42. The Morgan fingerprint density at radius 1 is 0.523 bits per heavy atom. The number of anilines is 6. The number of hydrogen-bond donors (Lipinski definition) is 0. The van der Waals surface area contributed by atoms with Crippen LogP contribution in [0.15, 0.2) is 127 Å². The van der Waals surface area contributed by atoms with Crippen LogP contribution in [0.1, 0.15) is 22.3 Å². The molecule has 8 rings (SSSR count). The molecule has 0 N–H and O–H groups in total. The second-order valence-corrected chi connectivity index (χ2v) is 12.1. The molecule has 0 spiro atoms. The molecule has 0 amide bonds. The fourth-order valence-corrected chi connectivity index (χ4v) is 7.28. The second-order valence-electron chi connectivity index (χ2n) is 12.1. The fraction of sp³-hybridized carbons (Fsp3) is 0.100. The van der Waals surface area contributed by atoms with Gasteiger partial charge in [0, 0.05) is 40.2 Å². The molecular weight excluding hydrogens is 535 g/mol. The Kier molecular flexibility index (Phi) is 6.13. The molecule has 4 heteroatoms. The average molecular weight is 569 g/mol. The van der Waals surface area contributed by atoms with Gasteiger partial charge in [0.25, 0.3) is 6.71 Å². The first-order chi connectivity index (χ1) is 21.5. The van der Waals surface area contributed by atoms with Crippen molar-refractivity contribution < 1.29 is 4.74 Å². The second kappa shape index (κ2) is 10.2. The van der Waals surface area contributed by atoms with Crippen molar-refractivity contribution >= 4 is 57.2 Å². The van der Waals surface area contributed by atoms with E-state index >= 15 is 0 Å². The van der Waals surface area contributed by atoms with Crippen LogP contribution in [0.4, 0.5) is 34.1 Å². The van der Waals surface area contributed by atoms with Crippen LogP contribution in [-0.2, 0) is 0 Å². The molecule has 6 aromatic rings. The van der Waals surface area contributed by atoms with E-state index in [2.05, 4.69) is 165 Å². The first kappa shape index (κ1) is 26.4. The Hall–Kier alpha value is -5.22. The van der Waals surface area contributed by atoms with Crippen LogP contribution >= 0.6 is 0 Å². The van der Waals surface area contributed by atoms with Crippen LogP contribution in [0, 0.1) is 27.7 Å². The van der Waals surface area contributed by atoms with Gasteiger partial charge in [-0.05, 0) is 121 Å². The summed E-state index contributed by atoms with van der Waals surface area (Å²) in [6.45, 7) is 8.88. The van der Waals surface area contributed by atoms with Crippen LogP contribution in [0.3, 0.4) is 0 Å². The van der Waals surface area contributed by atoms with Crippen molar-refractivity contribution in [3.05, 3.63) is 150 Å². The first-order valence-electron chi connectivity index (χ1n) is 15.3. The highest BCUT2D eigenvalue weighted by molar-refractivity contribution is 6.99. The average Bonchev–Trinajstić information content (AvgIpc) is 3.01. The minimum Gasteiger partial charge on any atom is -0.458 e. The van der Waals surface area contributed by atoms with Crippen LogP contribution in [0.5, 0.6) is 11.5 Å². The van der Waals surface area contributed by atoms with Crippen LogP contribution in [0.2, 0.25) is 0 Å². The fourth-order valence-electron chi connectivity index (χ4n) is 7.28. The van der Waals surface area contributed by atoms with Crippen molar-refractivity contribution in [2.45, 2.75) is 27.7 Å². The summed E-state index contributed by atoms with van der Waals surface area (Å²) in [7, 11) is 0. The van der Waals surface area contributed by atoms with Gasteiger partial charge in [-0.2, -0.15) is 0 Å². The summed E-state index contributed by atoms with van der Waals surface area (Å²) in [6.07, 6.45) is 0. The van der Waals surface area contributed by atoms with E-state index in [1.54, 1.807) is 0 Å². The van der Waals surface area contributed by atoms with Gasteiger partial charge in [-0.15, -0.1) is 0 Å². The third-order valence-electron chi connectivity index (χ3n) is 8.89. The Morgan fingerprint density at radius 3 is 1.86 bits per heavy atom. The number of aryl methyl sites for hydroxylation is 4. The van der Waals surface area contributed by atoms with E-state index in [0.717, 1.165) is 28.6 Å². The standard InChI is InChI=1S/C40H33BN2O/c1-26-20-27(2)23-33(22-26)43-35-16-11-17-37-40(35)41(39-29(4)21-28(3)24-36(39)43)34-19-18-32(25-38(34)44-37)42(30-12-7-5-8-13-30)31-14-9-6-10-15-31/h5-25H,1-4H3. The number of hydrogen-bond acceptors (Lipinski definition) is 3. The topological polar surface area (TPSA) is 15.7 Å². The Labute approximate surface area is 260 Å². The predicted octanol–water partition coefficient (Wildman–Crippen LogP) is 8.80. The van der Waals surface area contributed by atoms with Gasteiger partial charge in [0.1, 0.15) is 11.5 Å². The van der Waals surface area contributed by atoms with E-state index < -0.39 is 0 Å². The smallest absolute Gasteiger partial charge is 0.256 e. The molecule has 0 fully saturated rings. The zero-order valence-electron chi connectivity index (χ0n) is 25.5. The molecule has 0 unspecified atom stereocenters. The molecule has 0 bridgehead atoms. The lowest BCUT2D eigenvalue weighted by Gasteiger charge is -2.41. The Balaban J connectivity index is 1.34. The molecule has 0 saturated carbocycles. The maximum absolute atomic E-state index is 6.84. The van der Waals surface area contributed by atoms with Crippen LogP contribution < -0.4 is 30.9 Å². The summed E-state index contributed by atoms with van der Waals surface area (Å²) in [5, 5.41) is 0. The van der Waals surface area contributed by atoms with Gasteiger partial charge >= 0.3 is 0 Å². The van der Waals surface area contributed by atoms with E-state index in [-0.39, 0.29) is 6.71 Å². The number of ether oxygens (including phenoxy) is 1. The first-order valence-corrected chi connectivity index (χ1v) is 15.3. The Morgan fingerprint density at radius 2 is 1.18 bits per heavy atom. The predicted molar refractivity (Wildman–Crippen MR) is 186 cm³/mol. The minimum absolute atomic E-state index is 0.0682. The molecule has 0 aliphatic carbocycles. The van der Waals surface area contributed by atoms with Crippen molar-refractivity contribution in [1.29, 1.82) is 0 Å². The summed E-state index contributed by atoms with van der Waals surface area (Å²) < 4.78 is 6.84. The van der Waals surface area contributed by atoms with Gasteiger partial charge in [0.05, 0.1) is 0 Å². The third kappa shape index (κ3) is 4.21. The number of benzene rings is 6. The van der Waals surface area contributed by atoms with E-state index in [1.807, 2.05) is 0 Å². The summed E-state index contributed by atoms with van der Waals surface area (Å²) in [5.41, 5.74) is 15.7. The van der Waals surface area contributed by atoms with Crippen molar-refractivity contribution in [3.63, 3.8) is 0 Å². The normalized spacial score (nSPS) is 12.6. The molecule has 0 aromatic heterocycles. The van der Waals surface area contributed by atoms with Crippen molar-refractivity contribution in [2.24, 2.45) is 0 Å². The van der Waals surface area contributed by atoms with E-state index in [9.17, 15) is 0 Å². The minimum atomic E-state index is 0.0682. The van der Waals surface area contributed by atoms with Gasteiger partial charge in [-0.1, -0.05) is 66.2 Å². The van der Waals surface area contributed by atoms with Crippen molar-refractivity contribution in [3.8, 4) is 11.5 Å². The molecule has 6 aromatic carbocycles. The van der Waals surface area contributed by atoms with E-state index in [0.29, 0.717) is 0 Å². The molecule has 2 heterocycles. The summed E-state index contributed by atoms with van der Waals surface area (Å²) in [5.74, 6) is 1.82. The Bertz CT molecular complexity index is 2000. The third-order valence-corrected chi connectivity index (χ3v) is 8.89. The zero-order chi connectivity index (χ0) is 29.9. The molecular formula is C40H33BN2O. The lowest BCUT2D eigenvalue weighted by atomic mass is 9.33. The van der Waals surface area contributed by atoms with Gasteiger partial charge in [-0.3, -0.25) is 0 Å². The molecule has 2 aliphatic heterocycles. The highest BCUT2D eigenvalue weighted by atomic mass is 16.5. The molecule has 0 saturated heterocycles. The zero-order valence-corrected chi connectivity index (χ0v) is 25.5. The largest absolute Gasteiger partial charge is 0.458 e. The summed E-state index contributed by atoms with van der Waals surface area (Å²) >= 11 is 0. The summed E-state index contributed by atoms with van der Waals surface area (Å²) in [6, 6.07) is 45.8. The number of rotatable bonds is 4. The van der Waals surface area contributed by atoms with Gasteiger partial charge in [0.2, 0.25) is 0 Å². The van der Waals surface area contributed by atoms with Crippen LogP contribution in [-0.4, -0.2) is 6.71 Å². The lowest BCUT2D eigenvalue weighted by Crippen LogP contribution is -2.60. The molecule has 0 atom stereocenters. The molecule has 212 valence electrons. The monoisotopic (exact) mass is 568 g/mol. The maximum Gasteiger partial charge on any atom is 0.256 e. The SMILES string of the molecule is Cc1cc(C)cc(N2c3cc(C)cc(C)c3B3c4ccc(N(c5ccccc5)c5ccccc5)cc4Oc4cccc2c43)c1. The maximum atomic E-state index is 6.84. The molecule has 0 radical (unpaired) electrons. The van der Waals surface area contributed by atoms with Gasteiger partial charge < -0.3 is 14.5 Å². The number of nitrogens with zero attached hydrogens (tertiary/aromatic N) is 2. The number of para-hydroxylation sites is 2. The van der Waals surface area contributed by atoms with Crippen molar-refractivity contribution in [2.75, 3.05) is 9.80 Å². The van der Waals surface area contributed by atoms with Crippen molar-refractivity contribution in [1.82, 2.24) is 0 Å². The molecule has 44 heavy (non-hydrogen) atoms. The van der Waals surface area contributed by atoms with Crippen LogP contribution in [0.25, 0.3) is 0 Å². The molecule has 3 nitrogen and oxygen atoms in total. The quantitative estimate of drug-likeness (QED) is 0.197. The lowest BCUT2D eigenvalue weighted by molar-refractivity contribution is 0.487. The highest BCUT2D eigenvalue weighted by Crippen LogP contribution is 2.43. The molecule has 2 aliphatic rings. The van der Waals surface area contributed by atoms with E-state index in [4.69, 9.17) is 4.74 Å². The number of fused-ring (bicyclic) bond motifs is 4. The summed E-state index contributed by atoms with van der Waals surface area (Å²) in [4.78, 5) is 4.74.